The van der Waals surface area contributed by atoms with Crippen LogP contribution in [-0.2, 0) is 11.3 Å². The Bertz CT molecular complexity index is 917. The number of hydrogen-bond acceptors (Lipinski definition) is 2. The van der Waals surface area contributed by atoms with Gasteiger partial charge in [-0.15, -0.1) is 0 Å². The van der Waals surface area contributed by atoms with Crippen LogP contribution in [-0.4, -0.2) is 5.91 Å². The van der Waals surface area contributed by atoms with Crippen molar-refractivity contribution in [3.8, 4) is 0 Å². The van der Waals surface area contributed by atoms with Crippen molar-refractivity contribution in [1.82, 2.24) is 5.32 Å². The maximum Gasteiger partial charge on any atom is 0.227 e. The molecule has 0 unspecified atom stereocenters. The first-order chi connectivity index (χ1) is 13.1. The number of furan rings is 1. The third kappa shape index (κ3) is 3.18. The molecule has 0 bridgehead atoms. The first-order valence-electron chi connectivity index (χ1n) is 9.54. The molecule has 0 saturated carbocycles. The molecule has 0 fully saturated rings. The first-order valence-corrected chi connectivity index (χ1v) is 9.54. The zero-order chi connectivity index (χ0) is 18.9. The Hall–Kier alpha value is -2.81. The standard InChI is InChI=1S/C24H25NO2/c1-17-15-24(2,23(26)25-16-19-11-8-14-27-19)22(18-9-4-3-5-10-18)21-13-7-6-12-20(17)21/h3-14,17,22H,15-16H2,1-2H3,(H,25,26)/t17-,22+,24+/m1/s1. The average Bonchev–Trinajstić information content (AvgIpc) is 3.20. The number of fused-ring (bicyclic) bond motifs is 1. The van der Waals surface area contributed by atoms with Crippen molar-refractivity contribution >= 4 is 5.91 Å². The van der Waals surface area contributed by atoms with Crippen molar-refractivity contribution in [1.29, 1.82) is 0 Å². The van der Waals surface area contributed by atoms with Gasteiger partial charge in [-0.1, -0.05) is 61.5 Å². The number of carbonyl (C=O) groups excluding carboxylic acids is 1. The molecule has 3 nitrogen and oxygen atoms in total. The second-order valence-electron chi connectivity index (χ2n) is 7.76. The third-order valence-electron chi connectivity index (χ3n) is 5.86. The number of rotatable bonds is 4. The van der Waals surface area contributed by atoms with Gasteiger partial charge in [0.15, 0.2) is 0 Å². The van der Waals surface area contributed by atoms with Gasteiger partial charge in [0.25, 0.3) is 0 Å². The smallest absolute Gasteiger partial charge is 0.227 e. The Labute approximate surface area is 160 Å². The Morgan fingerprint density at radius 3 is 2.44 bits per heavy atom. The molecular formula is C24H25NO2. The predicted molar refractivity (Wildman–Crippen MR) is 106 cm³/mol. The summed E-state index contributed by atoms with van der Waals surface area (Å²) >= 11 is 0. The SMILES string of the molecule is C[C@@H]1C[C@](C)(C(=O)NCc2ccco2)[C@@H](c2ccccc2)c2ccccc21. The van der Waals surface area contributed by atoms with Crippen molar-refractivity contribution in [2.75, 3.05) is 0 Å². The Balaban J connectivity index is 1.74. The molecule has 138 valence electrons. The lowest BCUT2D eigenvalue weighted by Crippen LogP contribution is -2.46. The van der Waals surface area contributed by atoms with E-state index >= 15 is 0 Å². The summed E-state index contributed by atoms with van der Waals surface area (Å²) in [6, 6.07) is 22.7. The maximum absolute atomic E-state index is 13.4. The zero-order valence-corrected chi connectivity index (χ0v) is 15.8. The monoisotopic (exact) mass is 359 g/mol. The van der Waals surface area contributed by atoms with Gasteiger partial charge in [-0.3, -0.25) is 4.79 Å². The van der Waals surface area contributed by atoms with Crippen LogP contribution in [0.3, 0.4) is 0 Å². The summed E-state index contributed by atoms with van der Waals surface area (Å²) in [6.07, 6.45) is 2.45. The van der Waals surface area contributed by atoms with E-state index in [2.05, 4.69) is 67.7 Å². The number of nitrogens with one attached hydrogen (secondary N) is 1. The fraction of sp³-hybridized carbons (Fsp3) is 0.292. The van der Waals surface area contributed by atoms with E-state index in [1.807, 2.05) is 18.2 Å². The number of amides is 1. The molecule has 3 heteroatoms. The molecule has 27 heavy (non-hydrogen) atoms. The molecule has 2 aromatic carbocycles. The van der Waals surface area contributed by atoms with Crippen LogP contribution in [0.2, 0.25) is 0 Å². The minimum absolute atomic E-state index is 0.0303. The van der Waals surface area contributed by atoms with Crippen LogP contribution in [0.15, 0.2) is 77.4 Å². The molecule has 1 aromatic heterocycles. The van der Waals surface area contributed by atoms with E-state index in [1.165, 1.54) is 16.7 Å². The van der Waals surface area contributed by atoms with Crippen molar-refractivity contribution in [2.45, 2.75) is 38.6 Å². The van der Waals surface area contributed by atoms with Crippen LogP contribution in [0.1, 0.15) is 54.6 Å². The summed E-state index contributed by atoms with van der Waals surface area (Å²) in [5.41, 5.74) is 3.27. The van der Waals surface area contributed by atoms with E-state index < -0.39 is 5.41 Å². The van der Waals surface area contributed by atoms with Crippen molar-refractivity contribution in [3.05, 3.63) is 95.4 Å². The summed E-state index contributed by atoms with van der Waals surface area (Å²) in [5, 5.41) is 3.11. The lowest BCUT2D eigenvalue weighted by atomic mass is 9.59. The lowest BCUT2D eigenvalue weighted by molar-refractivity contribution is -0.132. The summed E-state index contributed by atoms with van der Waals surface area (Å²) in [5.74, 6) is 1.21. The van der Waals surface area contributed by atoms with Crippen LogP contribution in [0, 0.1) is 5.41 Å². The summed E-state index contributed by atoms with van der Waals surface area (Å²) < 4.78 is 5.38. The van der Waals surface area contributed by atoms with Crippen molar-refractivity contribution in [3.63, 3.8) is 0 Å². The third-order valence-corrected chi connectivity index (χ3v) is 5.86. The quantitative estimate of drug-likeness (QED) is 0.692. The molecular weight excluding hydrogens is 334 g/mol. The van der Waals surface area contributed by atoms with Gasteiger partial charge in [0.05, 0.1) is 18.2 Å². The van der Waals surface area contributed by atoms with Gasteiger partial charge >= 0.3 is 0 Å². The number of hydrogen-bond donors (Lipinski definition) is 1. The highest BCUT2D eigenvalue weighted by atomic mass is 16.3. The van der Waals surface area contributed by atoms with Crippen LogP contribution >= 0.6 is 0 Å². The molecule has 1 aliphatic rings. The van der Waals surface area contributed by atoms with Gasteiger partial charge in [0.1, 0.15) is 5.76 Å². The molecule has 0 radical (unpaired) electrons. The summed E-state index contributed by atoms with van der Waals surface area (Å²) in [6.45, 7) is 4.74. The van der Waals surface area contributed by atoms with E-state index in [0.29, 0.717) is 12.5 Å². The van der Waals surface area contributed by atoms with Gasteiger partial charge in [-0.2, -0.15) is 0 Å². The Morgan fingerprint density at radius 2 is 1.74 bits per heavy atom. The molecule has 0 spiro atoms. The minimum Gasteiger partial charge on any atom is -0.467 e. The Kier molecular flexibility index (Phi) is 4.61. The van der Waals surface area contributed by atoms with E-state index in [4.69, 9.17) is 4.42 Å². The van der Waals surface area contributed by atoms with Crippen molar-refractivity contribution in [2.24, 2.45) is 5.41 Å². The molecule has 4 rings (SSSR count). The van der Waals surface area contributed by atoms with Crippen LogP contribution in [0.5, 0.6) is 0 Å². The highest BCUT2D eigenvalue weighted by Crippen LogP contribution is 2.53. The maximum atomic E-state index is 13.4. The second-order valence-corrected chi connectivity index (χ2v) is 7.76. The molecule has 0 aliphatic heterocycles. The topological polar surface area (TPSA) is 42.2 Å². The molecule has 1 N–H and O–H groups in total. The van der Waals surface area contributed by atoms with Gasteiger partial charge < -0.3 is 9.73 Å². The largest absolute Gasteiger partial charge is 0.467 e. The zero-order valence-electron chi connectivity index (χ0n) is 15.8. The molecule has 1 amide bonds. The van der Waals surface area contributed by atoms with Crippen molar-refractivity contribution < 1.29 is 9.21 Å². The fourth-order valence-electron chi connectivity index (χ4n) is 4.63. The van der Waals surface area contributed by atoms with Gasteiger partial charge in [-0.05, 0) is 48.1 Å². The van der Waals surface area contributed by atoms with Crippen LogP contribution < -0.4 is 5.32 Å². The van der Waals surface area contributed by atoms with Gasteiger partial charge in [0, 0.05) is 5.92 Å². The molecule has 1 heterocycles. The van der Waals surface area contributed by atoms with Gasteiger partial charge in [-0.25, -0.2) is 0 Å². The van der Waals surface area contributed by atoms with E-state index in [-0.39, 0.29) is 11.8 Å². The normalized spacial score (nSPS) is 24.2. The van der Waals surface area contributed by atoms with Crippen LogP contribution in [0.4, 0.5) is 0 Å². The average molecular weight is 359 g/mol. The number of carbonyl (C=O) groups is 1. The van der Waals surface area contributed by atoms with E-state index in [9.17, 15) is 4.79 Å². The van der Waals surface area contributed by atoms with E-state index in [0.717, 1.165) is 12.2 Å². The first kappa shape index (κ1) is 17.6. The van der Waals surface area contributed by atoms with Crippen LogP contribution in [0.25, 0.3) is 0 Å². The Morgan fingerprint density at radius 1 is 1.04 bits per heavy atom. The lowest BCUT2D eigenvalue weighted by Gasteiger charge is -2.44. The summed E-state index contributed by atoms with van der Waals surface area (Å²) in [7, 11) is 0. The van der Waals surface area contributed by atoms with Gasteiger partial charge in [0.2, 0.25) is 5.91 Å². The molecule has 3 aromatic rings. The molecule has 1 aliphatic carbocycles. The second kappa shape index (κ2) is 7.07. The summed E-state index contributed by atoms with van der Waals surface area (Å²) in [4.78, 5) is 13.4. The predicted octanol–water partition coefficient (Wildman–Crippen LogP) is 5.24. The van der Waals surface area contributed by atoms with E-state index in [1.54, 1.807) is 6.26 Å². The number of benzene rings is 2. The highest BCUT2D eigenvalue weighted by Gasteiger charge is 2.47. The fourth-order valence-corrected chi connectivity index (χ4v) is 4.63. The molecule has 0 saturated heterocycles. The minimum atomic E-state index is -0.526. The highest BCUT2D eigenvalue weighted by molar-refractivity contribution is 5.85. The molecule has 3 atom stereocenters.